The summed E-state index contributed by atoms with van der Waals surface area (Å²) >= 11 is 1.15. The fourth-order valence-corrected chi connectivity index (χ4v) is 1.95. The predicted octanol–water partition coefficient (Wildman–Crippen LogP) is 1.06. The van der Waals surface area contributed by atoms with Crippen molar-refractivity contribution in [3.05, 3.63) is 33.0 Å². The van der Waals surface area contributed by atoms with Crippen LogP contribution in [0.2, 0.25) is 0 Å². The average Bonchev–Trinajstić information content (AvgIpc) is 2.70. The lowest BCUT2D eigenvalue weighted by Crippen LogP contribution is -2.18. The molecule has 5 nitrogen and oxygen atoms in total. The molecular weight excluding hydrogens is 224 g/mol. The molecule has 0 fully saturated rings. The molecule has 2 rings (SSSR count). The Labute approximate surface area is 97.0 Å². The number of hydrogen-bond acceptors (Lipinski definition) is 5. The van der Waals surface area contributed by atoms with E-state index in [0.717, 1.165) is 17.0 Å². The number of aryl methyl sites for hydroxylation is 1. The van der Waals surface area contributed by atoms with Crippen LogP contribution < -0.4 is 9.64 Å². The van der Waals surface area contributed by atoms with E-state index in [0.29, 0.717) is 11.8 Å². The Morgan fingerprint density at radius 3 is 2.88 bits per heavy atom. The quantitative estimate of drug-likeness (QED) is 0.782. The van der Waals surface area contributed by atoms with Crippen LogP contribution >= 0.6 is 11.3 Å². The van der Waals surface area contributed by atoms with Crippen LogP contribution in [0, 0.1) is 6.92 Å². The first-order chi connectivity index (χ1) is 7.59. The highest BCUT2D eigenvalue weighted by molar-refractivity contribution is 7.07. The monoisotopic (exact) mass is 236 g/mol. The standard InChI is InChI=1S/C10H12N4OS/c1-7-6-16-9(15)8(12-7)14-5-4-11-10(14)13(2)3/h4-6H,1-3H3. The van der Waals surface area contributed by atoms with Gasteiger partial charge in [0.1, 0.15) is 0 Å². The lowest BCUT2D eigenvalue weighted by Gasteiger charge is -2.12. The fraction of sp³-hybridized carbons (Fsp3) is 0.300. The molecule has 0 unspecified atom stereocenters. The highest BCUT2D eigenvalue weighted by Crippen LogP contribution is 2.12. The van der Waals surface area contributed by atoms with Crippen LogP contribution in [0.3, 0.4) is 0 Å². The maximum Gasteiger partial charge on any atom is 0.275 e. The summed E-state index contributed by atoms with van der Waals surface area (Å²) in [7, 11) is 3.76. The van der Waals surface area contributed by atoms with E-state index in [-0.39, 0.29) is 4.74 Å². The van der Waals surface area contributed by atoms with Crippen molar-refractivity contribution in [1.29, 1.82) is 0 Å². The van der Waals surface area contributed by atoms with Crippen LogP contribution in [0.4, 0.5) is 5.95 Å². The number of hydrogen-bond donors (Lipinski definition) is 0. The first kappa shape index (κ1) is 10.8. The van der Waals surface area contributed by atoms with E-state index in [1.54, 1.807) is 22.3 Å². The number of nitrogens with zero attached hydrogens (tertiary/aromatic N) is 4. The molecule has 0 aromatic carbocycles. The van der Waals surface area contributed by atoms with Crippen molar-refractivity contribution in [2.45, 2.75) is 6.92 Å². The molecule has 2 aromatic heterocycles. The number of anilines is 1. The van der Waals surface area contributed by atoms with E-state index in [9.17, 15) is 4.79 Å². The fourth-order valence-electron chi connectivity index (χ4n) is 1.37. The van der Waals surface area contributed by atoms with Gasteiger partial charge >= 0.3 is 0 Å². The minimum absolute atomic E-state index is 0.0632. The van der Waals surface area contributed by atoms with Gasteiger partial charge < -0.3 is 4.90 Å². The van der Waals surface area contributed by atoms with Crippen molar-refractivity contribution < 1.29 is 0 Å². The van der Waals surface area contributed by atoms with E-state index in [2.05, 4.69) is 9.97 Å². The molecule has 0 aliphatic heterocycles. The molecule has 0 atom stereocenters. The van der Waals surface area contributed by atoms with E-state index in [1.165, 1.54) is 0 Å². The molecule has 0 saturated heterocycles. The number of aromatic nitrogens is 3. The minimum Gasteiger partial charge on any atom is -0.348 e. The van der Waals surface area contributed by atoms with Crippen LogP contribution in [0.15, 0.2) is 22.6 Å². The summed E-state index contributed by atoms with van der Waals surface area (Å²) in [5, 5.41) is 1.75. The third-order valence-corrected chi connectivity index (χ3v) is 2.91. The molecule has 0 amide bonds. The van der Waals surface area contributed by atoms with Crippen LogP contribution in [0.1, 0.15) is 5.69 Å². The van der Waals surface area contributed by atoms with Crippen molar-refractivity contribution >= 4 is 17.3 Å². The topological polar surface area (TPSA) is 51.0 Å². The van der Waals surface area contributed by atoms with Gasteiger partial charge in [0.15, 0.2) is 5.82 Å². The summed E-state index contributed by atoms with van der Waals surface area (Å²) in [5.41, 5.74) is 0.831. The Balaban J connectivity index is 2.63. The Kier molecular flexibility index (Phi) is 2.74. The van der Waals surface area contributed by atoms with Crippen LogP contribution in [-0.4, -0.2) is 28.6 Å². The van der Waals surface area contributed by atoms with Gasteiger partial charge in [-0.2, -0.15) is 0 Å². The molecule has 6 heteroatoms. The van der Waals surface area contributed by atoms with Gasteiger partial charge in [-0.15, -0.1) is 0 Å². The third-order valence-electron chi connectivity index (χ3n) is 2.05. The van der Waals surface area contributed by atoms with Crippen LogP contribution in [0.5, 0.6) is 0 Å². The summed E-state index contributed by atoms with van der Waals surface area (Å²) in [6.45, 7) is 1.87. The summed E-state index contributed by atoms with van der Waals surface area (Å²) in [4.78, 5) is 22.0. The van der Waals surface area contributed by atoms with Crippen molar-refractivity contribution in [1.82, 2.24) is 14.5 Å². The van der Waals surface area contributed by atoms with Crippen molar-refractivity contribution in [3.63, 3.8) is 0 Å². The zero-order chi connectivity index (χ0) is 11.7. The largest absolute Gasteiger partial charge is 0.348 e. The van der Waals surface area contributed by atoms with E-state index in [1.807, 2.05) is 25.9 Å². The smallest absolute Gasteiger partial charge is 0.275 e. The molecule has 16 heavy (non-hydrogen) atoms. The maximum absolute atomic E-state index is 11.7. The molecular formula is C10H12N4OS. The lowest BCUT2D eigenvalue weighted by atomic mass is 10.5. The lowest BCUT2D eigenvalue weighted by molar-refractivity contribution is 0.917. The van der Waals surface area contributed by atoms with Gasteiger partial charge in [-0.1, -0.05) is 11.3 Å². The van der Waals surface area contributed by atoms with E-state index in [4.69, 9.17) is 0 Å². The molecule has 0 N–H and O–H groups in total. The van der Waals surface area contributed by atoms with Crippen LogP contribution in [-0.2, 0) is 0 Å². The average molecular weight is 236 g/mol. The van der Waals surface area contributed by atoms with Gasteiger partial charge in [-0.3, -0.25) is 9.36 Å². The Hall–Kier alpha value is -1.69. The molecule has 84 valence electrons. The number of imidazole rings is 1. The van der Waals surface area contributed by atoms with Crippen molar-refractivity contribution in [3.8, 4) is 5.82 Å². The van der Waals surface area contributed by atoms with Gasteiger partial charge in [0.05, 0.1) is 0 Å². The first-order valence-corrected chi connectivity index (χ1v) is 5.65. The van der Waals surface area contributed by atoms with E-state index >= 15 is 0 Å². The molecule has 0 aliphatic rings. The molecule has 0 saturated carbocycles. The highest BCUT2D eigenvalue weighted by atomic mass is 32.1. The molecule has 0 radical (unpaired) electrons. The maximum atomic E-state index is 11.7. The second-order valence-electron chi connectivity index (χ2n) is 3.59. The Bertz CT molecular complexity index is 558. The van der Waals surface area contributed by atoms with Gasteiger partial charge in [0.25, 0.3) is 4.74 Å². The summed E-state index contributed by atoms with van der Waals surface area (Å²) in [6, 6.07) is 0. The summed E-state index contributed by atoms with van der Waals surface area (Å²) in [5.74, 6) is 1.11. The Morgan fingerprint density at radius 2 is 2.19 bits per heavy atom. The van der Waals surface area contributed by atoms with Crippen LogP contribution in [0.25, 0.3) is 5.82 Å². The predicted molar refractivity (Wildman–Crippen MR) is 64.6 cm³/mol. The summed E-state index contributed by atoms with van der Waals surface area (Å²) in [6.07, 6.45) is 3.40. The van der Waals surface area contributed by atoms with E-state index < -0.39 is 0 Å². The van der Waals surface area contributed by atoms with Gasteiger partial charge in [0.2, 0.25) is 5.95 Å². The second kappa shape index (κ2) is 4.05. The third kappa shape index (κ3) is 1.83. The summed E-state index contributed by atoms with van der Waals surface area (Å²) < 4.78 is 1.64. The highest BCUT2D eigenvalue weighted by Gasteiger charge is 2.11. The minimum atomic E-state index is -0.0632. The Morgan fingerprint density at radius 1 is 1.44 bits per heavy atom. The zero-order valence-electron chi connectivity index (χ0n) is 9.34. The van der Waals surface area contributed by atoms with Crippen molar-refractivity contribution in [2.75, 3.05) is 19.0 Å². The zero-order valence-corrected chi connectivity index (χ0v) is 10.2. The van der Waals surface area contributed by atoms with Gasteiger partial charge in [-0.25, -0.2) is 9.97 Å². The number of rotatable bonds is 2. The molecule has 0 bridgehead atoms. The first-order valence-electron chi connectivity index (χ1n) is 4.77. The van der Waals surface area contributed by atoms with Gasteiger partial charge in [-0.05, 0) is 6.92 Å². The molecule has 0 spiro atoms. The normalized spacial score (nSPS) is 10.4. The second-order valence-corrected chi connectivity index (χ2v) is 4.43. The SMILES string of the molecule is Cc1csc(=O)c(-n2ccnc2N(C)C)n1. The molecule has 2 heterocycles. The van der Waals surface area contributed by atoms with Gasteiger partial charge in [0, 0.05) is 37.6 Å². The molecule has 2 aromatic rings. The van der Waals surface area contributed by atoms with Crippen molar-refractivity contribution in [2.24, 2.45) is 0 Å². The molecule has 0 aliphatic carbocycles.